The predicted molar refractivity (Wildman–Crippen MR) is 216 cm³/mol. The number of para-hydroxylation sites is 2. The highest BCUT2D eigenvalue weighted by molar-refractivity contribution is 7.86. The average molecular weight is 778 g/mol. The van der Waals surface area contributed by atoms with E-state index in [1.807, 2.05) is 24.3 Å². The van der Waals surface area contributed by atoms with Crippen LogP contribution in [-0.4, -0.2) is 73.9 Å². The summed E-state index contributed by atoms with van der Waals surface area (Å²) in [5.74, 6) is -0.530. The van der Waals surface area contributed by atoms with Gasteiger partial charge >= 0.3 is 0 Å². The third-order valence-corrected chi connectivity index (χ3v) is 12.3. The van der Waals surface area contributed by atoms with Gasteiger partial charge in [0.1, 0.15) is 6.54 Å². The normalized spacial score (nSPS) is 19.3. The zero-order valence-electron chi connectivity index (χ0n) is 31.7. The Labute approximate surface area is 320 Å². The van der Waals surface area contributed by atoms with E-state index in [0.717, 1.165) is 52.5 Å². The van der Waals surface area contributed by atoms with Crippen LogP contribution in [0.1, 0.15) is 83.8 Å². The van der Waals surface area contributed by atoms with Gasteiger partial charge in [0.2, 0.25) is 5.69 Å². The maximum absolute atomic E-state index is 11.4. The number of hydrogen-bond donors (Lipinski definition) is 3. The van der Waals surface area contributed by atoms with Crippen LogP contribution < -0.4 is 10.2 Å². The third kappa shape index (κ3) is 9.72. The zero-order valence-corrected chi connectivity index (χ0v) is 33.3. The van der Waals surface area contributed by atoms with Gasteiger partial charge in [-0.15, -0.1) is 0 Å². The topological polar surface area (TPSA) is 176 Å². The SMILES string of the molecule is CC1(C)C(/C=C/C2=C(NCCCN=[N+]=[N-])C(=C/C=C3\N(CCCCS(=O)(=O)O)c4ccccc4C3(C)C)/CC2)=[N+](CCCCS(=O)(=O)O)c2ccccc21. The molecule has 0 radical (unpaired) electrons. The molecule has 54 heavy (non-hydrogen) atoms. The highest BCUT2D eigenvalue weighted by Crippen LogP contribution is 2.48. The van der Waals surface area contributed by atoms with Gasteiger partial charge in [-0.25, -0.2) is 0 Å². The Morgan fingerprint density at radius 1 is 0.852 bits per heavy atom. The van der Waals surface area contributed by atoms with Gasteiger partial charge in [-0.2, -0.15) is 21.4 Å². The second-order valence-electron chi connectivity index (χ2n) is 15.2. The molecule has 0 aromatic heterocycles. The Bertz CT molecular complexity index is 2160. The van der Waals surface area contributed by atoms with Crippen molar-refractivity contribution < 1.29 is 30.5 Å². The Balaban J connectivity index is 1.49. The highest BCUT2D eigenvalue weighted by Gasteiger charge is 2.44. The van der Waals surface area contributed by atoms with Crippen LogP contribution in [0.2, 0.25) is 0 Å². The summed E-state index contributed by atoms with van der Waals surface area (Å²) in [4.78, 5) is 5.16. The van der Waals surface area contributed by atoms with Crippen molar-refractivity contribution in [3.8, 4) is 0 Å². The number of rotatable bonds is 18. The first kappa shape index (κ1) is 41.0. The van der Waals surface area contributed by atoms with Gasteiger partial charge in [0.25, 0.3) is 20.2 Å². The lowest BCUT2D eigenvalue weighted by molar-refractivity contribution is -0.438. The third-order valence-electron chi connectivity index (χ3n) is 10.7. The van der Waals surface area contributed by atoms with E-state index in [9.17, 15) is 25.9 Å². The van der Waals surface area contributed by atoms with E-state index in [1.165, 1.54) is 11.1 Å². The number of benzene rings is 2. The van der Waals surface area contributed by atoms with E-state index >= 15 is 0 Å². The van der Waals surface area contributed by atoms with Gasteiger partial charge in [-0.1, -0.05) is 67.5 Å². The van der Waals surface area contributed by atoms with Crippen LogP contribution in [-0.2, 0) is 31.1 Å². The molecule has 12 nitrogen and oxygen atoms in total. The summed E-state index contributed by atoms with van der Waals surface area (Å²) >= 11 is 0. The number of hydrogen-bond acceptors (Lipinski definition) is 7. The Hall–Kier alpha value is -4.20. The fourth-order valence-electron chi connectivity index (χ4n) is 7.93. The van der Waals surface area contributed by atoms with Crippen molar-refractivity contribution in [3.05, 3.63) is 117 Å². The molecular weight excluding hydrogens is 725 g/mol. The van der Waals surface area contributed by atoms with Crippen LogP contribution in [0.25, 0.3) is 10.4 Å². The molecule has 0 amide bonds. The number of nitrogens with zero attached hydrogens (tertiary/aromatic N) is 5. The van der Waals surface area contributed by atoms with Gasteiger partial charge in [-0.3, -0.25) is 9.11 Å². The first-order chi connectivity index (χ1) is 25.5. The van der Waals surface area contributed by atoms with Crippen molar-refractivity contribution in [1.82, 2.24) is 5.32 Å². The lowest BCUT2D eigenvalue weighted by atomic mass is 9.81. The van der Waals surface area contributed by atoms with Crippen LogP contribution in [0.3, 0.4) is 0 Å². The summed E-state index contributed by atoms with van der Waals surface area (Å²) in [5.41, 5.74) is 18.4. The van der Waals surface area contributed by atoms with Crippen molar-refractivity contribution in [2.45, 2.75) is 83.5 Å². The van der Waals surface area contributed by atoms with Gasteiger partial charge in [0, 0.05) is 71.2 Å². The molecule has 2 aromatic carbocycles. The molecule has 5 rings (SSSR count). The molecule has 1 aliphatic carbocycles. The first-order valence-corrected chi connectivity index (χ1v) is 21.9. The molecular formula is C40H53N6O6S2+. The average Bonchev–Trinajstić information content (AvgIpc) is 3.66. The van der Waals surface area contributed by atoms with Crippen LogP contribution in [0, 0.1) is 0 Å². The van der Waals surface area contributed by atoms with Gasteiger partial charge < -0.3 is 10.2 Å². The lowest BCUT2D eigenvalue weighted by Crippen LogP contribution is -2.28. The van der Waals surface area contributed by atoms with E-state index in [-0.39, 0.29) is 22.3 Å². The quantitative estimate of drug-likeness (QED) is 0.0342. The number of fused-ring (bicyclic) bond motifs is 2. The fraction of sp³-hybridized carbons (Fsp3) is 0.475. The standard InChI is InChI=1S/C40H52N6O6S2/c1-39(2)32-14-5-7-16-34(32)45(26-9-11-28-53(47,48)49)36(39)22-20-30-18-19-31(38(30)42-24-13-25-43-44-41)21-23-37-40(3,4)33-15-6-8-17-35(33)46(37)27-10-12-29-54(50,51)52/h5-8,14-17,20-23H,9-13,18-19,24-29H2,1-4H3,(H2,47,48,49,50,51,52)/p+1/b30-20+,36-22-. The minimum absolute atomic E-state index is 0.265. The first-order valence-electron chi connectivity index (χ1n) is 18.6. The molecule has 0 unspecified atom stereocenters. The molecule has 290 valence electrons. The van der Waals surface area contributed by atoms with Crippen LogP contribution in [0.5, 0.6) is 0 Å². The highest BCUT2D eigenvalue weighted by atomic mass is 32.2. The molecule has 0 fully saturated rings. The summed E-state index contributed by atoms with van der Waals surface area (Å²) in [6.07, 6.45) is 13.0. The summed E-state index contributed by atoms with van der Waals surface area (Å²) in [6, 6.07) is 16.6. The summed E-state index contributed by atoms with van der Waals surface area (Å²) in [5, 5.41) is 7.36. The molecule has 14 heteroatoms. The van der Waals surface area contributed by atoms with Crippen molar-refractivity contribution in [2.75, 3.05) is 42.6 Å². The predicted octanol–water partition coefficient (Wildman–Crippen LogP) is 7.90. The fourth-order valence-corrected chi connectivity index (χ4v) is 9.06. The van der Waals surface area contributed by atoms with Gasteiger partial charge in [0.05, 0.1) is 16.9 Å². The largest absolute Gasteiger partial charge is 0.385 e. The van der Waals surface area contributed by atoms with Crippen LogP contribution >= 0.6 is 0 Å². The smallest absolute Gasteiger partial charge is 0.264 e. The molecule has 2 aliphatic heterocycles. The lowest BCUT2D eigenvalue weighted by Gasteiger charge is -2.27. The Morgan fingerprint density at radius 2 is 1.52 bits per heavy atom. The Kier molecular flexibility index (Phi) is 13.0. The molecule has 0 saturated carbocycles. The monoisotopic (exact) mass is 777 g/mol. The Morgan fingerprint density at radius 3 is 2.22 bits per heavy atom. The second-order valence-corrected chi connectivity index (χ2v) is 18.3. The van der Waals surface area contributed by atoms with Crippen molar-refractivity contribution in [2.24, 2.45) is 5.11 Å². The molecule has 0 atom stereocenters. The van der Waals surface area contributed by atoms with Crippen molar-refractivity contribution in [3.63, 3.8) is 0 Å². The molecule has 0 spiro atoms. The van der Waals surface area contributed by atoms with Gasteiger partial charge in [0.15, 0.2) is 5.71 Å². The summed E-state index contributed by atoms with van der Waals surface area (Å²) in [7, 11) is -8.05. The summed E-state index contributed by atoms with van der Waals surface area (Å²) < 4.78 is 66.4. The number of anilines is 1. The number of azide groups is 1. The molecule has 3 N–H and O–H groups in total. The number of unbranched alkanes of at least 4 members (excludes halogenated alkanes) is 2. The van der Waals surface area contributed by atoms with Crippen LogP contribution in [0.4, 0.5) is 11.4 Å². The van der Waals surface area contributed by atoms with E-state index in [2.05, 4.69) is 101 Å². The van der Waals surface area contributed by atoms with Crippen molar-refractivity contribution >= 4 is 37.3 Å². The van der Waals surface area contributed by atoms with Crippen molar-refractivity contribution in [1.29, 1.82) is 0 Å². The van der Waals surface area contributed by atoms with Crippen LogP contribution in [0.15, 0.2) is 100 Å². The molecule has 0 saturated heterocycles. The maximum atomic E-state index is 11.4. The molecule has 0 bridgehead atoms. The number of allylic oxidation sites excluding steroid dienone is 7. The minimum atomic E-state index is -4.02. The number of nitrogens with one attached hydrogen (secondary N) is 1. The summed E-state index contributed by atoms with van der Waals surface area (Å²) in [6.45, 7) is 11.1. The molecule has 3 aliphatic rings. The minimum Gasteiger partial charge on any atom is -0.385 e. The van der Waals surface area contributed by atoms with E-state index in [0.29, 0.717) is 58.3 Å². The second kappa shape index (κ2) is 17.1. The zero-order chi connectivity index (χ0) is 39.1. The van der Waals surface area contributed by atoms with E-state index in [4.69, 9.17) is 5.53 Å². The van der Waals surface area contributed by atoms with E-state index < -0.39 is 20.2 Å². The molecule has 2 aromatic rings. The van der Waals surface area contributed by atoms with E-state index in [1.54, 1.807) is 0 Å². The molecule has 2 heterocycles. The maximum Gasteiger partial charge on any atom is 0.264 e. The van der Waals surface area contributed by atoms with Gasteiger partial charge in [-0.05, 0) is 86.8 Å².